The number of anilines is 1. The van der Waals surface area contributed by atoms with Crippen LogP contribution in [0.5, 0.6) is 0 Å². The van der Waals surface area contributed by atoms with Crippen molar-refractivity contribution < 1.29 is 14.4 Å². The summed E-state index contributed by atoms with van der Waals surface area (Å²) in [5, 5.41) is 5.84. The summed E-state index contributed by atoms with van der Waals surface area (Å²) in [5.74, 6) is -0.295. The van der Waals surface area contributed by atoms with Crippen LogP contribution >= 0.6 is 11.6 Å². The van der Waals surface area contributed by atoms with Gasteiger partial charge in [-0.3, -0.25) is 14.4 Å². The van der Waals surface area contributed by atoms with E-state index in [1.54, 1.807) is 9.80 Å². The molecule has 0 aromatic heterocycles. The molecule has 226 valence electrons. The zero-order chi connectivity index (χ0) is 30.5. The zero-order valence-electron chi connectivity index (χ0n) is 24.9. The quantitative estimate of drug-likeness (QED) is 0.194. The fourth-order valence-electron chi connectivity index (χ4n) is 6.64. The van der Waals surface area contributed by atoms with Crippen molar-refractivity contribution in [3.8, 4) is 0 Å². The molecular weight excluding hydrogens is 570 g/mol. The molecule has 1 heterocycles. The zero-order valence-corrected chi connectivity index (χ0v) is 25.6. The Morgan fingerprint density at radius 2 is 1.61 bits per heavy atom. The fraction of sp³-hybridized carbons (Fsp3) is 0.324. The van der Waals surface area contributed by atoms with E-state index < -0.39 is 6.04 Å². The number of hydrogen-bond donors (Lipinski definition) is 1. The minimum Gasteiger partial charge on any atom is -0.352 e. The van der Waals surface area contributed by atoms with Crippen molar-refractivity contribution in [1.82, 2.24) is 10.2 Å². The van der Waals surface area contributed by atoms with Gasteiger partial charge in [-0.1, -0.05) is 104 Å². The van der Waals surface area contributed by atoms with Gasteiger partial charge in [0.05, 0.1) is 5.69 Å². The summed E-state index contributed by atoms with van der Waals surface area (Å²) in [6.07, 6.45) is 6.38. The maximum atomic E-state index is 14.2. The minimum absolute atomic E-state index is 0.0361. The fourth-order valence-corrected chi connectivity index (χ4v) is 6.84. The van der Waals surface area contributed by atoms with Crippen molar-refractivity contribution in [2.75, 3.05) is 11.4 Å². The number of benzene rings is 4. The molecule has 1 aliphatic carbocycles. The largest absolute Gasteiger partial charge is 0.352 e. The standard InChI is InChI=1S/C37H38ClN3O3/c38-31-20-8-7-14-28(31)25-41(33(24-26-12-3-1-4-13-26)36(43)39-29-17-5-2-6-18-29)34(42)22-11-23-40-32-21-10-16-27-15-9-19-30(35(27)32)37(40)44/h1,3-4,7-10,12-16,19-21,29,33H,2,5-6,11,17-18,22-25H2,(H,39,43). The van der Waals surface area contributed by atoms with Crippen molar-refractivity contribution in [2.45, 2.75) is 70.0 Å². The first-order chi connectivity index (χ1) is 21.5. The molecule has 44 heavy (non-hydrogen) atoms. The molecule has 1 fully saturated rings. The van der Waals surface area contributed by atoms with E-state index in [-0.39, 0.29) is 36.7 Å². The average Bonchev–Trinajstić information content (AvgIpc) is 3.32. The first-order valence-electron chi connectivity index (χ1n) is 15.7. The van der Waals surface area contributed by atoms with E-state index in [4.69, 9.17) is 11.6 Å². The Balaban J connectivity index is 1.24. The van der Waals surface area contributed by atoms with E-state index in [1.165, 1.54) is 6.42 Å². The van der Waals surface area contributed by atoms with Crippen LogP contribution in [0.4, 0.5) is 5.69 Å². The second-order valence-electron chi connectivity index (χ2n) is 11.9. The summed E-state index contributed by atoms with van der Waals surface area (Å²) in [5.41, 5.74) is 3.37. The number of rotatable bonds is 11. The summed E-state index contributed by atoms with van der Waals surface area (Å²) in [6.45, 7) is 0.636. The molecule has 0 radical (unpaired) electrons. The van der Waals surface area contributed by atoms with E-state index in [2.05, 4.69) is 5.32 Å². The lowest BCUT2D eigenvalue weighted by Gasteiger charge is -2.34. The molecule has 0 bridgehead atoms. The van der Waals surface area contributed by atoms with Crippen LogP contribution in [0.25, 0.3) is 10.8 Å². The van der Waals surface area contributed by atoms with Crippen molar-refractivity contribution in [2.24, 2.45) is 0 Å². The number of hydrogen-bond acceptors (Lipinski definition) is 3. The van der Waals surface area contributed by atoms with Crippen LogP contribution in [0.15, 0.2) is 91.0 Å². The molecule has 1 unspecified atom stereocenters. The van der Waals surface area contributed by atoms with Gasteiger partial charge in [0.15, 0.2) is 0 Å². The Labute approximate surface area is 264 Å². The summed E-state index contributed by atoms with van der Waals surface area (Å²) in [4.78, 5) is 45.0. The van der Waals surface area contributed by atoms with E-state index in [1.807, 2.05) is 91.0 Å². The molecule has 1 atom stereocenters. The Kier molecular flexibility index (Phi) is 9.27. The summed E-state index contributed by atoms with van der Waals surface area (Å²) < 4.78 is 0. The lowest BCUT2D eigenvalue weighted by atomic mass is 9.94. The van der Waals surface area contributed by atoms with Crippen molar-refractivity contribution in [3.05, 3.63) is 113 Å². The third kappa shape index (κ3) is 6.51. The normalized spacial score (nSPS) is 15.4. The van der Waals surface area contributed by atoms with E-state index >= 15 is 0 Å². The highest BCUT2D eigenvalue weighted by Gasteiger charge is 2.33. The van der Waals surface area contributed by atoms with Crippen molar-refractivity contribution in [1.29, 1.82) is 0 Å². The topological polar surface area (TPSA) is 69.7 Å². The molecule has 0 spiro atoms. The van der Waals surface area contributed by atoms with Gasteiger partial charge < -0.3 is 15.1 Å². The van der Waals surface area contributed by atoms with Gasteiger partial charge in [-0.05, 0) is 54.0 Å². The minimum atomic E-state index is -0.700. The predicted octanol–water partition coefficient (Wildman–Crippen LogP) is 7.32. The molecule has 1 aliphatic heterocycles. The lowest BCUT2D eigenvalue weighted by molar-refractivity contribution is -0.141. The van der Waals surface area contributed by atoms with E-state index in [9.17, 15) is 14.4 Å². The molecule has 4 aromatic carbocycles. The second kappa shape index (κ2) is 13.6. The number of carbonyl (C=O) groups is 3. The van der Waals surface area contributed by atoms with E-state index in [0.717, 1.165) is 53.3 Å². The maximum Gasteiger partial charge on any atom is 0.258 e. The Bertz CT molecular complexity index is 1650. The molecule has 3 amide bonds. The first kappa shape index (κ1) is 29.9. The highest BCUT2D eigenvalue weighted by atomic mass is 35.5. The Morgan fingerprint density at radius 1 is 0.886 bits per heavy atom. The van der Waals surface area contributed by atoms with Gasteiger partial charge in [-0.2, -0.15) is 0 Å². The van der Waals surface area contributed by atoms with Gasteiger partial charge in [-0.25, -0.2) is 0 Å². The van der Waals surface area contributed by atoms with Crippen LogP contribution in [0.3, 0.4) is 0 Å². The van der Waals surface area contributed by atoms with Gasteiger partial charge in [0.2, 0.25) is 11.8 Å². The highest BCUT2D eigenvalue weighted by Crippen LogP contribution is 2.37. The van der Waals surface area contributed by atoms with Crippen molar-refractivity contribution >= 4 is 45.8 Å². The molecule has 1 N–H and O–H groups in total. The molecule has 6 rings (SSSR count). The lowest BCUT2D eigenvalue weighted by Crippen LogP contribution is -2.53. The second-order valence-corrected chi connectivity index (χ2v) is 12.3. The molecule has 0 saturated heterocycles. The SMILES string of the molecule is O=C(NC1CCCCC1)C(Cc1ccccc1)N(Cc1ccccc1Cl)C(=O)CCCN1C(=O)c2cccc3cccc1c23. The van der Waals surface area contributed by atoms with Crippen LogP contribution in [0, 0.1) is 0 Å². The maximum absolute atomic E-state index is 14.2. The predicted molar refractivity (Wildman–Crippen MR) is 176 cm³/mol. The number of amides is 3. The van der Waals surface area contributed by atoms with Gasteiger partial charge in [0.25, 0.3) is 5.91 Å². The number of halogens is 1. The van der Waals surface area contributed by atoms with E-state index in [0.29, 0.717) is 30.0 Å². The summed E-state index contributed by atoms with van der Waals surface area (Å²) >= 11 is 6.58. The number of nitrogens with one attached hydrogen (secondary N) is 1. The van der Waals surface area contributed by atoms with Gasteiger partial charge in [-0.15, -0.1) is 0 Å². The van der Waals surface area contributed by atoms with Crippen molar-refractivity contribution in [3.63, 3.8) is 0 Å². The van der Waals surface area contributed by atoms with Crippen LogP contribution in [-0.2, 0) is 22.6 Å². The third-order valence-electron chi connectivity index (χ3n) is 8.94. The average molecular weight is 608 g/mol. The number of nitrogens with zero attached hydrogens (tertiary/aromatic N) is 2. The van der Waals surface area contributed by atoms with Gasteiger partial charge in [0.1, 0.15) is 6.04 Å². The van der Waals surface area contributed by atoms with Crippen LogP contribution in [0.1, 0.15) is 66.4 Å². The molecule has 7 heteroatoms. The number of carbonyl (C=O) groups excluding carboxylic acids is 3. The first-order valence-corrected chi connectivity index (χ1v) is 16.1. The van der Waals surface area contributed by atoms with Crippen LogP contribution in [0.2, 0.25) is 5.02 Å². The van der Waals surface area contributed by atoms with Gasteiger partial charge in [0, 0.05) is 47.9 Å². The molecule has 1 saturated carbocycles. The molecule has 6 nitrogen and oxygen atoms in total. The monoisotopic (exact) mass is 607 g/mol. The molecule has 2 aliphatic rings. The third-order valence-corrected chi connectivity index (χ3v) is 9.31. The van der Waals surface area contributed by atoms with Gasteiger partial charge >= 0.3 is 0 Å². The Morgan fingerprint density at radius 3 is 2.39 bits per heavy atom. The van der Waals surface area contributed by atoms with Crippen LogP contribution < -0.4 is 10.2 Å². The van der Waals surface area contributed by atoms with Crippen LogP contribution in [-0.4, -0.2) is 41.2 Å². The Hall–Kier alpha value is -4.16. The summed E-state index contributed by atoms with van der Waals surface area (Å²) in [7, 11) is 0. The summed E-state index contributed by atoms with van der Waals surface area (Å²) in [6, 6.07) is 28.5. The molecular formula is C37H38ClN3O3. The highest BCUT2D eigenvalue weighted by molar-refractivity contribution is 6.31. The smallest absolute Gasteiger partial charge is 0.258 e. The molecule has 4 aromatic rings.